The number of halogens is 1. The van der Waals surface area contributed by atoms with Crippen LogP contribution < -0.4 is 20.3 Å². The third kappa shape index (κ3) is 4.05. The molecule has 3 aromatic rings. The van der Waals surface area contributed by atoms with E-state index in [2.05, 4.69) is 33.7 Å². The second-order valence-corrected chi connectivity index (χ2v) is 8.66. The van der Waals surface area contributed by atoms with Gasteiger partial charge in [0.1, 0.15) is 5.75 Å². The van der Waals surface area contributed by atoms with Crippen molar-refractivity contribution in [2.24, 2.45) is 0 Å². The van der Waals surface area contributed by atoms with E-state index in [-0.39, 0.29) is 12.2 Å². The lowest BCUT2D eigenvalue weighted by atomic mass is 10.0. The zero-order valence-corrected chi connectivity index (χ0v) is 18.8. The summed E-state index contributed by atoms with van der Waals surface area (Å²) in [4.78, 5) is 13.6. The van der Waals surface area contributed by atoms with Gasteiger partial charge < -0.3 is 30.5 Å². The van der Waals surface area contributed by atoms with Crippen LogP contribution in [0.5, 0.6) is 5.75 Å². The molecule has 2 aliphatic rings. The number of hydrogen-bond donors (Lipinski definition) is 4. The van der Waals surface area contributed by atoms with Gasteiger partial charge in [-0.1, -0.05) is 23.7 Å². The van der Waals surface area contributed by atoms with E-state index in [1.807, 2.05) is 12.1 Å². The number of aliphatic hydroxyl groups is 1. The lowest BCUT2D eigenvalue weighted by Gasteiger charge is -2.18. The molecule has 5 rings (SSSR count). The minimum atomic E-state index is -0.987. The monoisotopic (exact) mass is 465 g/mol. The number of ether oxygens (including phenoxy) is 1. The molecular formula is C25H24ClN3O4. The smallest absolute Gasteiger partial charge is 0.336 e. The summed E-state index contributed by atoms with van der Waals surface area (Å²) in [6, 6.07) is 15.2. The zero-order chi connectivity index (χ0) is 23.1. The van der Waals surface area contributed by atoms with Gasteiger partial charge in [-0.2, -0.15) is 0 Å². The molecule has 2 heterocycles. The number of aryl methyl sites for hydroxylation is 1. The Morgan fingerprint density at radius 3 is 2.70 bits per heavy atom. The van der Waals surface area contributed by atoms with Gasteiger partial charge in [0.2, 0.25) is 6.35 Å². The highest BCUT2D eigenvalue weighted by Gasteiger charge is 2.25. The number of aliphatic hydroxyl groups excluding tert-OH is 1. The number of carboxylic acid groups (broad SMARTS) is 1. The number of nitrogens with zero attached hydrogens (tertiary/aromatic N) is 1. The first-order valence-electron chi connectivity index (χ1n) is 10.8. The normalized spacial score (nSPS) is 16.1. The average molecular weight is 466 g/mol. The Kier molecular flexibility index (Phi) is 5.52. The van der Waals surface area contributed by atoms with Crippen molar-refractivity contribution in [1.29, 1.82) is 0 Å². The van der Waals surface area contributed by atoms with E-state index in [1.165, 1.54) is 11.6 Å². The van der Waals surface area contributed by atoms with Crippen molar-refractivity contribution in [3.63, 3.8) is 0 Å². The number of carbonyl (C=O) groups is 1. The van der Waals surface area contributed by atoms with Crippen LogP contribution in [0.25, 0.3) is 11.1 Å². The highest BCUT2D eigenvalue weighted by molar-refractivity contribution is 6.34. The maximum atomic E-state index is 11.4. The third-order valence-corrected chi connectivity index (χ3v) is 6.44. The number of aromatic carboxylic acids is 1. The first-order chi connectivity index (χ1) is 15.9. The van der Waals surface area contributed by atoms with Crippen LogP contribution in [-0.4, -0.2) is 42.2 Å². The molecule has 0 amide bonds. The van der Waals surface area contributed by atoms with Crippen molar-refractivity contribution < 1.29 is 19.7 Å². The molecule has 4 N–H and O–H groups in total. The highest BCUT2D eigenvalue weighted by Crippen LogP contribution is 2.41. The van der Waals surface area contributed by atoms with Gasteiger partial charge in [0.25, 0.3) is 0 Å². The van der Waals surface area contributed by atoms with E-state index in [0.29, 0.717) is 22.9 Å². The van der Waals surface area contributed by atoms with Crippen LogP contribution in [-0.2, 0) is 6.42 Å². The standard InChI is InChI=1S/C25H24ClN3O4/c1-14-2-4-17(11-18(14)24(31)32)33-25-27-21-12-19(20(26)13-22(21)28-25)15-3-5-23-16(10-15)6-7-29(23)8-9-30/h2-5,10-13,25,27-28,30H,6-9H2,1H3,(H,31,32). The average Bonchev–Trinajstić information content (AvgIpc) is 3.37. The van der Waals surface area contributed by atoms with Crippen molar-refractivity contribution >= 4 is 34.6 Å². The lowest BCUT2D eigenvalue weighted by molar-refractivity contribution is 0.0695. The third-order valence-electron chi connectivity index (χ3n) is 6.13. The Bertz CT molecular complexity index is 1250. The Morgan fingerprint density at radius 2 is 1.94 bits per heavy atom. The molecule has 1 unspecified atom stereocenters. The number of β-amino-alcohol motifs (C(OH)–C–C–N with tert-alkyl or cyclic N) is 1. The van der Waals surface area contributed by atoms with Crippen LogP contribution in [0.3, 0.4) is 0 Å². The molecular weight excluding hydrogens is 442 g/mol. The molecule has 33 heavy (non-hydrogen) atoms. The maximum Gasteiger partial charge on any atom is 0.336 e. The Hall–Kier alpha value is -3.42. The Morgan fingerprint density at radius 1 is 1.15 bits per heavy atom. The largest absolute Gasteiger partial charge is 0.478 e. The summed E-state index contributed by atoms with van der Waals surface area (Å²) >= 11 is 6.64. The fourth-order valence-corrected chi connectivity index (χ4v) is 4.72. The second-order valence-electron chi connectivity index (χ2n) is 8.25. The molecule has 8 heteroatoms. The first kappa shape index (κ1) is 21.4. The van der Waals surface area contributed by atoms with Gasteiger partial charge in [0.05, 0.1) is 28.6 Å². The fraction of sp³-hybridized carbons (Fsp3) is 0.240. The number of nitrogens with one attached hydrogen (secondary N) is 2. The molecule has 0 saturated heterocycles. The molecule has 0 radical (unpaired) electrons. The van der Waals surface area contributed by atoms with E-state index < -0.39 is 12.3 Å². The molecule has 0 fully saturated rings. The number of rotatable bonds is 6. The summed E-state index contributed by atoms with van der Waals surface area (Å²) in [7, 11) is 0. The molecule has 1 atom stereocenters. The van der Waals surface area contributed by atoms with Crippen LogP contribution in [0.15, 0.2) is 48.5 Å². The number of anilines is 3. The predicted octanol–water partition coefficient (Wildman–Crippen LogP) is 4.57. The second kappa shape index (κ2) is 8.50. The SMILES string of the molecule is Cc1ccc(OC2Nc3cc(Cl)c(-c4ccc5c(c4)CCN5CCO)cc3N2)cc1C(=O)O. The van der Waals surface area contributed by atoms with Gasteiger partial charge >= 0.3 is 5.97 Å². The molecule has 0 saturated carbocycles. The summed E-state index contributed by atoms with van der Waals surface area (Å²) in [5.74, 6) is -0.535. The maximum absolute atomic E-state index is 11.4. The van der Waals surface area contributed by atoms with E-state index in [1.54, 1.807) is 19.1 Å². The van der Waals surface area contributed by atoms with Gasteiger partial charge in [0, 0.05) is 24.3 Å². The van der Waals surface area contributed by atoms with E-state index >= 15 is 0 Å². The van der Waals surface area contributed by atoms with Crippen molar-refractivity contribution in [2.45, 2.75) is 19.7 Å². The van der Waals surface area contributed by atoms with Crippen LogP contribution in [0.4, 0.5) is 17.1 Å². The molecule has 2 aliphatic heterocycles. The van der Waals surface area contributed by atoms with Crippen molar-refractivity contribution in [3.05, 3.63) is 70.2 Å². The fourth-order valence-electron chi connectivity index (χ4n) is 4.44. The Balaban J connectivity index is 1.37. The zero-order valence-electron chi connectivity index (χ0n) is 18.1. The predicted molar refractivity (Wildman–Crippen MR) is 130 cm³/mol. The molecule has 0 aromatic heterocycles. The van der Waals surface area contributed by atoms with Crippen LogP contribution in [0.1, 0.15) is 21.5 Å². The van der Waals surface area contributed by atoms with Crippen LogP contribution in [0.2, 0.25) is 5.02 Å². The minimum Gasteiger partial charge on any atom is -0.478 e. The topological polar surface area (TPSA) is 94.1 Å². The van der Waals surface area contributed by atoms with E-state index in [4.69, 9.17) is 16.3 Å². The van der Waals surface area contributed by atoms with Crippen LogP contribution >= 0.6 is 11.6 Å². The highest BCUT2D eigenvalue weighted by atomic mass is 35.5. The number of hydrogen-bond acceptors (Lipinski definition) is 6. The van der Waals surface area contributed by atoms with Crippen molar-refractivity contribution in [2.75, 3.05) is 35.2 Å². The molecule has 3 aromatic carbocycles. The van der Waals surface area contributed by atoms with E-state index in [0.717, 1.165) is 41.2 Å². The summed E-state index contributed by atoms with van der Waals surface area (Å²) < 4.78 is 5.93. The summed E-state index contributed by atoms with van der Waals surface area (Å²) in [5.41, 5.74) is 6.91. The Labute approximate surface area is 196 Å². The van der Waals surface area contributed by atoms with Gasteiger partial charge in [-0.15, -0.1) is 0 Å². The summed E-state index contributed by atoms with van der Waals surface area (Å²) in [6.07, 6.45) is 0.388. The minimum absolute atomic E-state index is 0.139. The van der Waals surface area contributed by atoms with Crippen LogP contribution in [0, 0.1) is 6.92 Å². The van der Waals surface area contributed by atoms with E-state index in [9.17, 15) is 15.0 Å². The molecule has 0 aliphatic carbocycles. The van der Waals surface area contributed by atoms with Gasteiger partial charge in [0.15, 0.2) is 0 Å². The van der Waals surface area contributed by atoms with Crippen molar-refractivity contribution in [1.82, 2.24) is 0 Å². The molecule has 0 spiro atoms. The van der Waals surface area contributed by atoms with Gasteiger partial charge in [-0.3, -0.25) is 0 Å². The first-order valence-corrected chi connectivity index (χ1v) is 11.2. The lowest BCUT2D eigenvalue weighted by Crippen LogP contribution is -2.29. The summed E-state index contributed by atoms with van der Waals surface area (Å²) in [6.45, 7) is 3.43. The van der Waals surface area contributed by atoms with Crippen molar-refractivity contribution in [3.8, 4) is 16.9 Å². The van der Waals surface area contributed by atoms with Gasteiger partial charge in [-0.05, 0) is 66.4 Å². The van der Waals surface area contributed by atoms with Gasteiger partial charge in [-0.25, -0.2) is 4.79 Å². The quantitative estimate of drug-likeness (QED) is 0.423. The summed E-state index contributed by atoms with van der Waals surface area (Å²) in [5, 5.41) is 25.8. The number of benzene rings is 3. The molecule has 170 valence electrons. The molecule has 7 nitrogen and oxygen atoms in total. The number of fused-ring (bicyclic) bond motifs is 2. The number of carboxylic acids is 1. The molecule has 0 bridgehead atoms.